The summed E-state index contributed by atoms with van der Waals surface area (Å²) in [7, 11) is 0. The summed E-state index contributed by atoms with van der Waals surface area (Å²) >= 11 is 0. The van der Waals surface area contributed by atoms with E-state index < -0.39 is 6.61 Å². The summed E-state index contributed by atoms with van der Waals surface area (Å²) < 4.78 is 28.9. The first-order valence-corrected chi connectivity index (χ1v) is 8.91. The Morgan fingerprint density at radius 3 is 2.39 bits per heavy atom. The third-order valence-corrected chi connectivity index (χ3v) is 4.04. The van der Waals surface area contributed by atoms with Crippen molar-refractivity contribution < 1.29 is 13.5 Å². The van der Waals surface area contributed by atoms with E-state index in [9.17, 15) is 8.78 Å². The van der Waals surface area contributed by atoms with Gasteiger partial charge in [0.1, 0.15) is 11.6 Å². The highest BCUT2D eigenvalue weighted by Crippen LogP contribution is 2.25. The van der Waals surface area contributed by atoms with Gasteiger partial charge in [0.2, 0.25) is 5.95 Å². The maximum Gasteiger partial charge on any atom is 0.387 e. The molecule has 0 bridgehead atoms. The number of nitrogens with one attached hydrogen (secondary N) is 2. The van der Waals surface area contributed by atoms with Crippen molar-refractivity contribution in [2.75, 3.05) is 10.6 Å². The number of aromatic nitrogens is 3. The van der Waals surface area contributed by atoms with E-state index in [1.54, 1.807) is 24.5 Å². The normalized spacial score (nSPS) is 11.9. The largest absolute Gasteiger partial charge is 0.435 e. The minimum absolute atomic E-state index is 0.0971. The number of alkyl halides is 2. The highest BCUT2D eigenvalue weighted by atomic mass is 19.3. The van der Waals surface area contributed by atoms with Gasteiger partial charge in [-0.3, -0.25) is 4.98 Å². The van der Waals surface area contributed by atoms with Gasteiger partial charge in [-0.25, -0.2) is 4.98 Å². The molecular weight excluding hydrogens is 364 g/mol. The molecule has 0 radical (unpaired) electrons. The molecule has 0 saturated carbocycles. The number of hydrogen-bond donors (Lipinski definition) is 2. The molecule has 0 aliphatic heterocycles. The third-order valence-electron chi connectivity index (χ3n) is 4.04. The predicted molar refractivity (Wildman–Crippen MR) is 105 cm³/mol. The average molecular weight is 385 g/mol. The molecule has 6 nitrogen and oxygen atoms in total. The van der Waals surface area contributed by atoms with E-state index in [-0.39, 0.29) is 11.8 Å². The third kappa shape index (κ3) is 5.35. The van der Waals surface area contributed by atoms with Crippen LogP contribution in [0.25, 0.3) is 11.3 Å². The van der Waals surface area contributed by atoms with E-state index in [4.69, 9.17) is 0 Å². The molecule has 0 amide bonds. The molecule has 1 aromatic carbocycles. The molecule has 2 heterocycles. The first-order chi connectivity index (χ1) is 13.5. The van der Waals surface area contributed by atoms with Crippen LogP contribution >= 0.6 is 0 Å². The van der Waals surface area contributed by atoms with Crippen LogP contribution in [0.4, 0.5) is 26.2 Å². The van der Waals surface area contributed by atoms with Crippen LogP contribution < -0.4 is 15.4 Å². The summed E-state index contributed by atoms with van der Waals surface area (Å²) in [5.74, 6) is 1.18. The van der Waals surface area contributed by atoms with Crippen molar-refractivity contribution in [2.24, 2.45) is 0 Å². The monoisotopic (exact) mass is 385 g/mol. The second-order valence-corrected chi connectivity index (χ2v) is 6.18. The Hall–Kier alpha value is -3.29. The van der Waals surface area contributed by atoms with Crippen LogP contribution in [-0.4, -0.2) is 27.6 Å². The number of nitrogens with zero attached hydrogens (tertiary/aromatic N) is 3. The number of anilines is 3. The van der Waals surface area contributed by atoms with Crippen molar-refractivity contribution in [1.29, 1.82) is 0 Å². The minimum atomic E-state index is -2.85. The van der Waals surface area contributed by atoms with Crippen LogP contribution in [0.5, 0.6) is 5.75 Å². The zero-order valence-corrected chi connectivity index (χ0v) is 15.6. The standard InChI is InChI=1S/C20H21F2N5O/c1-3-13(2)24-20-26-17(14-8-10-23-11-9-14)12-18(27-20)25-15-4-6-16(7-5-15)28-19(21)22/h4-13,19H,3H2,1-2H3,(H2,24,25,26,27)/t13-/m1/s1. The Labute approximate surface area is 162 Å². The van der Waals surface area contributed by atoms with Gasteiger partial charge in [0.25, 0.3) is 0 Å². The number of ether oxygens (including phenoxy) is 1. The molecule has 0 spiro atoms. The van der Waals surface area contributed by atoms with E-state index in [0.29, 0.717) is 17.5 Å². The smallest absolute Gasteiger partial charge is 0.387 e. The molecule has 28 heavy (non-hydrogen) atoms. The lowest BCUT2D eigenvalue weighted by atomic mass is 10.2. The molecule has 0 saturated heterocycles. The molecule has 0 fully saturated rings. The summed E-state index contributed by atoms with van der Waals surface area (Å²) in [5.41, 5.74) is 2.34. The van der Waals surface area contributed by atoms with Gasteiger partial charge >= 0.3 is 6.61 Å². The van der Waals surface area contributed by atoms with Gasteiger partial charge in [-0.15, -0.1) is 0 Å². The topological polar surface area (TPSA) is 72.0 Å². The van der Waals surface area contributed by atoms with Crippen molar-refractivity contribution in [3.05, 3.63) is 54.9 Å². The van der Waals surface area contributed by atoms with Crippen LogP contribution in [0.1, 0.15) is 20.3 Å². The van der Waals surface area contributed by atoms with E-state index in [2.05, 4.69) is 44.2 Å². The minimum Gasteiger partial charge on any atom is -0.435 e. The van der Waals surface area contributed by atoms with Crippen molar-refractivity contribution in [1.82, 2.24) is 15.0 Å². The molecular formula is C20H21F2N5O. The molecule has 0 unspecified atom stereocenters. The number of benzene rings is 1. The summed E-state index contributed by atoms with van der Waals surface area (Å²) in [6, 6.07) is 12.0. The fourth-order valence-corrected chi connectivity index (χ4v) is 2.44. The first-order valence-electron chi connectivity index (χ1n) is 8.91. The lowest BCUT2D eigenvalue weighted by molar-refractivity contribution is -0.0498. The van der Waals surface area contributed by atoms with E-state index in [1.165, 1.54) is 12.1 Å². The second kappa shape index (κ2) is 9.07. The van der Waals surface area contributed by atoms with Crippen LogP contribution in [0, 0.1) is 0 Å². The van der Waals surface area contributed by atoms with Gasteiger partial charge in [0.05, 0.1) is 5.69 Å². The van der Waals surface area contributed by atoms with E-state index >= 15 is 0 Å². The van der Waals surface area contributed by atoms with Gasteiger partial charge < -0.3 is 15.4 Å². The van der Waals surface area contributed by atoms with E-state index in [1.807, 2.05) is 18.2 Å². The zero-order valence-electron chi connectivity index (χ0n) is 15.6. The Kier molecular flexibility index (Phi) is 6.31. The Bertz CT molecular complexity index is 891. The van der Waals surface area contributed by atoms with Gasteiger partial charge in [-0.05, 0) is 49.7 Å². The Morgan fingerprint density at radius 1 is 1.04 bits per heavy atom. The fraction of sp³-hybridized carbons (Fsp3) is 0.250. The van der Waals surface area contributed by atoms with Crippen molar-refractivity contribution >= 4 is 17.5 Å². The molecule has 3 rings (SSSR count). The quantitative estimate of drug-likeness (QED) is 0.562. The van der Waals surface area contributed by atoms with Crippen LogP contribution in [-0.2, 0) is 0 Å². The number of pyridine rings is 1. The van der Waals surface area contributed by atoms with Gasteiger partial charge in [-0.1, -0.05) is 6.92 Å². The summed E-state index contributed by atoms with van der Waals surface area (Å²) in [4.78, 5) is 13.1. The number of rotatable bonds is 8. The summed E-state index contributed by atoms with van der Waals surface area (Å²) in [6.45, 7) is 1.28. The highest BCUT2D eigenvalue weighted by Gasteiger charge is 2.10. The average Bonchev–Trinajstić information content (AvgIpc) is 2.69. The molecule has 3 aromatic rings. The van der Waals surface area contributed by atoms with E-state index in [0.717, 1.165) is 17.7 Å². The number of hydrogen-bond acceptors (Lipinski definition) is 6. The fourth-order valence-electron chi connectivity index (χ4n) is 2.44. The van der Waals surface area contributed by atoms with Crippen LogP contribution in [0.15, 0.2) is 54.9 Å². The van der Waals surface area contributed by atoms with Gasteiger partial charge in [0, 0.05) is 35.8 Å². The molecule has 0 aliphatic rings. The SMILES string of the molecule is CC[C@@H](C)Nc1nc(Nc2ccc(OC(F)F)cc2)cc(-c2ccncc2)n1. The maximum absolute atomic E-state index is 12.3. The van der Waals surface area contributed by atoms with Crippen LogP contribution in [0.2, 0.25) is 0 Å². The molecule has 0 aliphatic carbocycles. The Morgan fingerprint density at radius 2 is 1.75 bits per heavy atom. The zero-order chi connectivity index (χ0) is 19.9. The first kappa shape index (κ1) is 19.5. The van der Waals surface area contributed by atoms with Crippen molar-refractivity contribution in [3.8, 4) is 17.0 Å². The summed E-state index contributed by atoms with van der Waals surface area (Å²) in [5, 5.41) is 6.45. The maximum atomic E-state index is 12.3. The van der Waals surface area contributed by atoms with Crippen LogP contribution in [0.3, 0.4) is 0 Å². The highest BCUT2D eigenvalue weighted by molar-refractivity contribution is 5.67. The van der Waals surface area contributed by atoms with Crippen molar-refractivity contribution in [3.63, 3.8) is 0 Å². The Balaban J connectivity index is 1.87. The predicted octanol–water partition coefficient (Wildman–Crippen LogP) is 5.09. The molecule has 2 aromatic heterocycles. The van der Waals surface area contributed by atoms with Gasteiger partial charge in [0.15, 0.2) is 0 Å². The molecule has 1 atom stereocenters. The second-order valence-electron chi connectivity index (χ2n) is 6.18. The van der Waals surface area contributed by atoms with Crippen molar-refractivity contribution in [2.45, 2.75) is 32.9 Å². The molecule has 8 heteroatoms. The molecule has 146 valence electrons. The number of halogens is 2. The van der Waals surface area contributed by atoms with Gasteiger partial charge in [-0.2, -0.15) is 13.8 Å². The lowest BCUT2D eigenvalue weighted by Crippen LogP contribution is -2.16. The molecule has 2 N–H and O–H groups in total. The summed E-state index contributed by atoms with van der Waals surface area (Å²) in [6.07, 6.45) is 4.33. The lowest BCUT2D eigenvalue weighted by Gasteiger charge is -2.15.